The highest BCUT2D eigenvalue weighted by Gasteiger charge is 2.51. The van der Waals surface area contributed by atoms with Crippen LogP contribution in [0.25, 0.3) is 0 Å². The van der Waals surface area contributed by atoms with E-state index in [0.29, 0.717) is 106 Å². The molecule has 0 aromatic heterocycles. The molecule has 0 bridgehead atoms. The van der Waals surface area contributed by atoms with Gasteiger partial charge < -0.3 is 123 Å². The van der Waals surface area contributed by atoms with E-state index in [1.54, 1.807) is 66.8 Å². The van der Waals surface area contributed by atoms with Crippen molar-refractivity contribution in [1.29, 1.82) is 0 Å². The molecule has 25 atom stereocenters. The van der Waals surface area contributed by atoms with Gasteiger partial charge in [0.1, 0.15) is 0 Å². The van der Waals surface area contributed by atoms with Crippen molar-refractivity contribution in [2.45, 2.75) is 304 Å². The number of hydrogen-bond acceptors (Lipinski definition) is 26. The summed E-state index contributed by atoms with van der Waals surface area (Å²) < 4.78 is 59.8. The third-order valence-corrected chi connectivity index (χ3v) is 61.0. The van der Waals surface area contributed by atoms with Crippen LogP contribution >= 0.6 is 0 Å². The quantitative estimate of drug-likeness (QED) is 0.0164. The fraction of sp³-hybridized carbons (Fsp3) is 0.659. The second-order valence-electron chi connectivity index (χ2n) is 36.1. The van der Waals surface area contributed by atoms with Crippen LogP contribution in [-0.4, -0.2) is 262 Å². The first kappa shape index (κ1) is 110. The van der Waals surface area contributed by atoms with Crippen LogP contribution < -0.4 is 25.9 Å². The van der Waals surface area contributed by atoms with Crippen LogP contribution in [0.3, 0.4) is 0 Å². The van der Waals surface area contributed by atoms with Gasteiger partial charge in [0.2, 0.25) is 0 Å². The second-order valence-corrected chi connectivity index (χ2v) is 68.5. The Morgan fingerprint density at radius 3 is 0.702 bits per heavy atom. The maximum absolute atomic E-state index is 11.1. The van der Waals surface area contributed by atoms with Crippen LogP contribution in [0.2, 0.25) is 87.6 Å². The van der Waals surface area contributed by atoms with Gasteiger partial charge in [-0.05, 0) is 266 Å². The summed E-state index contributed by atoms with van der Waals surface area (Å²) in [5, 5.41) is 102. The Hall–Kier alpha value is -2.77. The zero-order valence-electron chi connectivity index (χ0n) is 76.3. The van der Waals surface area contributed by atoms with Crippen LogP contribution in [0.4, 0.5) is 0 Å². The summed E-state index contributed by atoms with van der Waals surface area (Å²) in [5.74, 6) is 1.71. The van der Waals surface area contributed by atoms with Gasteiger partial charge in [-0.25, -0.2) is 0 Å². The molecular weight excluding hydrogens is 1750 g/mol. The van der Waals surface area contributed by atoms with Crippen LogP contribution in [0.1, 0.15) is 156 Å². The molecule has 5 aromatic carbocycles. The van der Waals surface area contributed by atoms with E-state index in [9.17, 15) is 79.8 Å². The largest absolute Gasteiger partial charge is 0.489 e. The van der Waals surface area contributed by atoms with Crippen molar-refractivity contribution >= 4 is 112 Å². The topological polar surface area (TPSA) is 416 Å². The average molecular weight is 1910 g/mol. The lowest BCUT2D eigenvalue weighted by atomic mass is 9.84. The van der Waals surface area contributed by atoms with Crippen molar-refractivity contribution in [2.75, 3.05) is 35.5 Å². The van der Waals surface area contributed by atoms with Gasteiger partial charge in [0, 0.05) is 41.6 Å². The summed E-state index contributed by atoms with van der Waals surface area (Å²) in [5.41, 5.74) is 0. The molecule has 26 nitrogen and oxygen atoms in total. The fourth-order valence-electron chi connectivity index (χ4n) is 17.8. The number of aliphatic hydroxyl groups excluding tert-OH is 10. The molecular formula is C88H156O26Si10. The molecule has 0 aliphatic heterocycles. The highest BCUT2D eigenvalue weighted by Crippen LogP contribution is 2.39. The Morgan fingerprint density at radius 2 is 0.476 bits per heavy atom. The summed E-state index contributed by atoms with van der Waals surface area (Å²) in [6.45, 7) is 17.1. The summed E-state index contributed by atoms with van der Waals surface area (Å²) in [6.07, 6.45) is 9.66. The van der Waals surface area contributed by atoms with Crippen LogP contribution in [0.15, 0.2) is 152 Å². The summed E-state index contributed by atoms with van der Waals surface area (Å²) in [4.78, 5) is 65.4. The van der Waals surface area contributed by atoms with Gasteiger partial charge in [-0.15, -0.1) is 0 Å². The Kier molecular flexibility index (Phi) is 46.2. The van der Waals surface area contributed by atoms with E-state index in [2.05, 4.69) is 20.8 Å². The molecule has 5 aliphatic rings. The van der Waals surface area contributed by atoms with Crippen LogP contribution in [0.5, 0.6) is 0 Å². The number of rotatable bonds is 39. The molecule has 10 rings (SSSR count). The summed E-state index contributed by atoms with van der Waals surface area (Å²) in [6, 6.07) is 53.3. The Balaban J connectivity index is 0.000000240. The minimum Gasteiger partial charge on any atom is -0.411 e. The van der Waals surface area contributed by atoms with Gasteiger partial charge in [-0.2, -0.15) is 0 Å². The molecule has 5 saturated carbocycles. The number of hydrogen-bond donors (Lipinski definition) is 16. The second kappa shape index (κ2) is 52.0. The Bertz CT molecular complexity index is 3530. The Labute approximate surface area is 750 Å². The van der Waals surface area contributed by atoms with Crippen molar-refractivity contribution in [3.8, 4) is 0 Å². The third kappa shape index (κ3) is 35.3. The number of benzene rings is 5. The zero-order valence-corrected chi connectivity index (χ0v) is 86.3. The number of aliphatic hydroxyl groups is 10. The van der Waals surface area contributed by atoms with Crippen LogP contribution in [-0.2, 0) is 42.7 Å². The molecule has 5 aromatic rings. The lowest BCUT2D eigenvalue weighted by Gasteiger charge is -2.37. The zero-order chi connectivity index (χ0) is 91.8. The van der Waals surface area contributed by atoms with Gasteiger partial charge in [0.05, 0.1) is 61.0 Å². The molecule has 0 radical (unpaired) electrons. The first-order valence-corrected chi connectivity index (χ1v) is 68.1. The molecule has 5 fully saturated rings. The predicted octanol–water partition coefficient (Wildman–Crippen LogP) is 8.44. The predicted molar refractivity (Wildman–Crippen MR) is 507 cm³/mol. The Morgan fingerprint density at radius 1 is 0.250 bits per heavy atom. The van der Waals surface area contributed by atoms with Gasteiger partial charge in [-0.1, -0.05) is 179 Å². The summed E-state index contributed by atoms with van der Waals surface area (Å²) >= 11 is 0. The molecule has 16 N–H and O–H groups in total. The maximum Gasteiger partial charge on any atom is 0.489 e. The highest BCUT2D eigenvalue weighted by atomic mass is 28.5. The van der Waals surface area contributed by atoms with Crippen molar-refractivity contribution in [1.82, 2.24) is 0 Å². The van der Waals surface area contributed by atoms with Gasteiger partial charge in [0.15, 0.2) is 0 Å². The van der Waals surface area contributed by atoms with E-state index >= 15 is 0 Å². The molecule has 124 heavy (non-hydrogen) atoms. The minimum atomic E-state index is -3.50. The maximum atomic E-state index is 11.1. The van der Waals surface area contributed by atoms with E-state index in [-0.39, 0.29) is 5.92 Å². The molecule has 0 heterocycles. The first-order valence-electron chi connectivity index (χ1n) is 45.2. The molecule has 0 saturated heterocycles. The van der Waals surface area contributed by atoms with E-state index in [4.69, 9.17) is 42.7 Å². The molecule has 36 heteroatoms. The lowest BCUT2D eigenvalue weighted by Crippen LogP contribution is -2.58. The highest BCUT2D eigenvalue weighted by molar-refractivity contribution is 6.90. The standard InChI is InChI=1S/C19H34O5Si2.2C18H32O5Si2.C17H30O5Si2.C16H28O6Si2/c1-4-13-26(23-2,14-12-16-10-11-18(20)19(21)15-16)24-25(3,22)17-8-6-5-7-9-17;2*1-4-25(22-2,13-12-15-10-11-17(19)18(20)14-15)23-24(3,21)16-8-6-5-7-9-16;1-21-23(2,12-11-14-9-10-16(18)17(19)13-14)22-24(3,20)15-7-5-4-6-8-15;1-21-24(20,11-10-13-8-9-15(17)16(18)12-13)22-23(2,19)14-6-4-3-5-7-14/h5-9,16,18-22H,4,10-15H2,1-3H3;2*5-9,15,17-21H,4,10-14H2,1-3H3;4-8,14,16-20H,9-13H2,1-3H3;3-7,13,15-20H,8-12H2,1-2H3. The van der Waals surface area contributed by atoms with Crippen molar-refractivity contribution in [3.05, 3.63) is 152 Å². The van der Waals surface area contributed by atoms with Gasteiger partial charge in [-0.3, -0.25) is 0 Å². The lowest BCUT2D eigenvalue weighted by molar-refractivity contribution is -0.0262. The normalized spacial score (nSPS) is 29.1. The smallest absolute Gasteiger partial charge is 0.411 e. The van der Waals surface area contributed by atoms with Crippen LogP contribution in [0, 0.1) is 29.6 Å². The van der Waals surface area contributed by atoms with Gasteiger partial charge >= 0.3 is 85.9 Å². The van der Waals surface area contributed by atoms with E-state index in [1.165, 1.54) is 7.11 Å². The van der Waals surface area contributed by atoms with Gasteiger partial charge in [0.25, 0.3) is 0 Å². The van der Waals surface area contributed by atoms with Crippen molar-refractivity contribution in [2.24, 2.45) is 29.6 Å². The molecule has 5 aliphatic carbocycles. The van der Waals surface area contributed by atoms with Crippen molar-refractivity contribution in [3.63, 3.8) is 0 Å². The third-order valence-electron chi connectivity index (χ3n) is 26.2. The SMILES string of the molecule is CCC[Si](CCC1CCC(O)C(O)C1)(OC)O[Si](C)(O)c1ccccc1.CC[Si](CCC1CCC(O)C(O)C1)(OC)O[Si](C)(O)c1ccccc1.CC[Si](CCC1CCC(O)C(O)C1)(OC)O[Si](C)(O)c1ccccc1.CO[Si](C)(CCC1CCC(O)C(O)C1)O[Si](C)(O)c1ccccc1.CO[Si](O)(CCC1CCC(O)C(O)C1)O[Si](C)(O)c1ccccc1. The minimum absolute atomic E-state index is 0.213. The van der Waals surface area contributed by atoms with E-state index in [1.807, 2.05) is 153 Å². The fourth-order valence-corrected chi connectivity index (χ4v) is 51.8. The summed E-state index contributed by atoms with van der Waals surface area (Å²) in [7, 11) is -20.8. The monoisotopic (exact) mass is 1910 g/mol. The van der Waals surface area contributed by atoms with Crippen molar-refractivity contribution < 1.29 is 123 Å². The van der Waals surface area contributed by atoms with E-state index < -0.39 is 147 Å². The average Bonchev–Trinajstić information content (AvgIpc) is 0.850. The molecule has 0 spiro atoms. The molecule has 0 amide bonds. The molecule has 25 unspecified atom stereocenters. The van der Waals surface area contributed by atoms with E-state index in [0.717, 1.165) is 127 Å². The first-order chi connectivity index (χ1) is 58.5. The molecule has 704 valence electrons.